The minimum Gasteiger partial charge on any atom is -0.493 e. The van der Waals surface area contributed by atoms with Gasteiger partial charge in [0.25, 0.3) is 5.91 Å². The first-order chi connectivity index (χ1) is 16.6. The second-order valence-corrected chi connectivity index (χ2v) is 8.41. The summed E-state index contributed by atoms with van der Waals surface area (Å²) in [6.07, 6.45) is 1.57. The maximum absolute atomic E-state index is 12.2. The molecule has 0 aromatic heterocycles. The van der Waals surface area contributed by atoms with Gasteiger partial charge < -0.3 is 14.8 Å². The van der Waals surface area contributed by atoms with Crippen LogP contribution in [0.4, 0.5) is 5.69 Å². The molecule has 34 heavy (non-hydrogen) atoms. The van der Waals surface area contributed by atoms with Crippen LogP contribution in [0.1, 0.15) is 11.1 Å². The summed E-state index contributed by atoms with van der Waals surface area (Å²) in [4.78, 5) is 12.2. The molecule has 172 valence electrons. The third-order valence-electron chi connectivity index (χ3n) is 5.13. The smallest absolute Gasteiger partial charge is 0.259 e. The molecule has 0 atom stereocenters. The maximum atomic E-state index is 12.2. The Kier molecular flexibility index (Phi) is 7.78. The Bertz CT molecular complexity index is 1300. The molecule has 4 aromatic carbocycles. The quantitative estimate of drug-likeness (QED) is 0.219. The predicted octanol–water partition coefficient (Wildman–Crippen LogP) is 5.75. The summed E-state index contributed by atoms with van der Waals surface area (Å²) >= 11 is 3.43. The minimum absolute atomic E-state index is 0.109. The lowest BCUT2D eigenvalue weighted by Gasteiger charge is -2.11. The summed E-state index contributed by atoms with van der Waals surface area (Å²) in [5.41, 5.74) is 5.27. The summed E-state index contributed by atoms with van der Waals surface area (Å²) in [6.45, 7) is 0.536. The van der Waals surface area contributed by atoms with E-state index in [9.17, 15) is 4.79 Å². The van der Waals surface area contributed by atoms with Crippen LogP contribution in [0.15, 0.2) is 94.5 Å². The topological polar surface area (TPSA) is 72.0 Å². The second kappa shape index (κ2) is 11.3. The van der Waals surface area contributed by atoms with Crippen molar-refractivity contribution in [2.45, 2.75) is 6.61 Å². The van der Waals surface area contributed by atoms with Crippen molar-refractivity contribution in [3.63, 3.8) is 0 Å². The van der Waals surface area contributed by atoms with E-state index in [2.05, 4.69) is 31.8 Å². The average Bonchev–Trinajstić information content (AvgIpc) is 2.87. The summed E-state index contributed by atoms with van der Waals surface area (Å²) < 4.78 is 12.4. The first-order valence-electron chi connectivity index (χ1n) is 10.7. The van der Waals surface area contributed by atoms with E-state index in [1.165, 1.54) is 0 Å². The molecule has 0 spiro atoms. The van der Waals surface area contributed by atoms with Crippen molar-refractivity contribution in [3.05, 3.63) is 101 Å². The zero-order chi connectivity index (χ0) is 23.8. The van der Waals surface area contributed by atoms with Crippen LogP contribution in [0.25, 0.3) is 10.8 Å². The van der Waals surface area contributed by atoms with Crippen LogP contribution in [0, 0.1) is 0 Å². The Morgan fingerprint density at radius 2 is 1.76 bits per heavy atom. The molecule has 0 heterocycles. The molecule has 1 amide bonds. The summed E-state index contributed by atoms with van der Waals surface area (Å²) in [5.74, 6) is 0.974. The van der Waals surface area contributed by atoms with Gasteiger partial charge >= 0.3 is 0 Å². The number of hydrogen-bond acceptors (Lipinski definition) is 5. The van der Waals surface area contributed by atoms with Crippen LogP contribution >= 0.6 is 15.9 Å². The number of rotatable bonds is 9. The number of amides is 1. The zero-order valence-electron chi connectivity index (χ0n) is 18.6. The third kappa shape index (κ3) is 6.14. The first kappa shape index (κ1) is 23.3. The lowest BCUT2D eigenvalue weighted by atomic mass is 10.1. The Balaban J connectivity index is 1.31. The molecule has 0 saturated heterocycles. The molecule has 2 N–H and O–H groups in total. The summed E-state index contributed by atoms with van der Waals surface area (Å²) in [7, 11) is 1.59. The van der Waals surface area contributed by atoms with E-state index >= 15 is 0 Å². The Morgan fingerprint density at radius 3 is 2.59 bits per heavy atom. The fourth-order valence-corrected chi connectivity index (χ4v) is 3.66. The monoisotopic (exact) mass is 517 g/mol. The molecule has 0 saturated carbocycles. The number of carbonyl (C=O) groups excluding carboxylic acids is 1. The molecule has 6 nitrogen and oxygen atoms in total. The number of ether oxygens (including phenoxy) is 2. The van der Waals surface area contributed by atoms with Crippen molar-refractivity contribution >= 4 is 44.5 Å². The number of carbonyl (C=O) groups is 1. The molecule has 0 aliphatic rings. The van der Waals surface area contributed by atoms with Crippen molar-refractivity contribution in [1.29, 1.82) is 0 Å². The first-order valence-corrected chi connectivity index (χ1v) is 11.5. The van der Waals surface area contributed by atoms with Crippen LogP contribution in [-0.4, -0.2) is 25.8 Å². The summed E-state index contributed by atoms with van der Waals surface area (Å²) in [5, 5.41) is 9.41. The molecule has 4 rings (SSSR count). The Hall–Kier alpha value is -3.84. The number of hydrogen-bond donors (Lipinski definition) is 2. The number of nitrogens with one attached hydrogen (secondary N) is 2. The van der Waals surface area contributed by atoms with E-state index in [0.29, 0.717) is 18.1 Å². The van der Waals surface area contributed by atoms with Crippen LogP contribution in [0.5, 0.6) is 11.5 Å². The maximum Gasteiger partial charge on any atom is 0.259 e. The molecule has 0 aliphatic carbocycles. The van der Waals surface area contributed by atoms with E-state index in [-0.39, 0.29) is 12.5 Å². The average molecular weight is 518 g/mol. The van der Waals surface area contributed by atoms with Crippen LogP contribution < -0.4 is 20.2 Å². The summed E-state index contributed by atoms with van der Waals surface area (Å²) in [6, 6.07) is 27.4. The van der Waals surface area contributed by atoms with Gasteiger partial charge in [-0.2, -0.15) is 5.10 Å². The highest BCUT2D eigenvalue weighted by molar-refractivity contribution is 9.10. The normalized spacial score (nSPS) is 10.9. The molecule has 0 bridgehead atoms. The molecular formula is C27H24BrN3O3. The van der Waals surface area contributed by atoms with Gasteiger partial charge in [0.15, 0.2) is 11.5 Å². The van der Waals surface area contributed by atoms with Crippen molar-refractivity contribution in [3.8, 4) is 11.5 Å². The molecule has 0 fully saturated rings. The highest BCUT2D eigenvalue weighted by Crippen LogP contribution is 2.28. The Morgan fingerprint density at radius 1 is 0.971 bits per heavy atom. The largest absolute Gasteiger partial charge is 0.493 e. The number of benzene rings is 4. The molecule has 7 heteroatoms. The highest BCUT2D eigenvalue weighted by atomic mass is 79.9. The SMILES string of the molecule is COc1cc(/C=N\NC(=O)CNc2cccc3ccccc23)ccc1OCc1ccc(Br)cc1. The van der Waals surface area contributed by atoms with Gasteiger partial charge in [0.1, 0.15) is 6.61 Å². The van der Waals surface area contributed by atoms with Crippen LogP contribution in [-0.2, 0) is 11.4 Å². The third-order valence-corrected chi connectivity index (χ3v) is 5.66. The Labute approximate surface area is 206 Å². The van der Waals surface area contributed by atoms with Crippen LogP contribution in [0.2, 0.25) is 0 Å². The molecule has 4 aromatic rings. The van der Waals surface area contributed by atoms with Gasteiger partial charge in [-0.15, -0.1) is 0 Å². The van der Waals surface area contributed by atoms with E-state index in [1.807, 2.05) is 78.9 Å². The van der Waals surface area contributed by atoms with E-state index in [0.717, 1.165) is 32.1 Å². The minimum atomic E-state index is -0.245. The molecule has 0 radical (unpaired) electrons. The highest BCUT2D eigenvalue weighted by Gasteiger charge is 2.07. The van der Waals surface area contributed by atoms with Gasteiger partial charge in [0.05, 0.1) is 19.9 Å². The molecular weight excluding hydrogens is 494 g/mol. The number of fused-ring (bicyclic) bond motifs is 1. The van der Waals surface area contributed by atoms with E-state index in [4.69, 9.17) is 9.47 Å². The van der Waals surface area contributed by atoms with Gasteiger partial charge in [0, 0.05) is 15.5 Å². The van der Waals surface area contributed by atoms with Crippen LogP contribution in [0.3, 0.4) is 0 Å². The molecule has 0 aliphatic heterocycles. The number of anilines is 1. The van der Waals surface area contributed by atoms with Gasteiger partial charge in [0.2, 0.25) is 0 Å². The fourth-order valence-electron chi connectivity index (χ4n) is 3.40. The van der Waals surface area contributed by atoms with Crippen molar-refractivity contribution in [1.82, 2.24) is 5.43 Å². The van der Waals surface area contributed by atoms with E-state index in [1.54, 1.807) is 19.4 Å². The van der Waals surface area contributed by atoms with Crippen molar-refractivity contribution in [2.24, 2.45) is 5.10 Å². The van der Waals surface area contributed by atoms with Crippen molar-refractivity contribution < 1.29 is 14.3 Å². The van der Waals surface area contributed by atoms with Gasteiger partial charge in [-0.1, -0.05) is 64.5 Å². The van der Waals surface area contributed by atoms with E-state index < -0.39 is 0 Å². The lowest BCUT2D eigenvalue weighted by Crippen LogP contribution is -2.25. The second-order valence-electron chi connectivity index (χ2n) is 7.50. The van der Waals surface area contributed by atoms with Gasteiger partial charge in [-0.25, -0.2) is 5.43 Å². The lowest BCUT2D eigenvalue weighted by molar-refractivity contribution is -0.119. The standard InChI is InChI=1S/C27H24BrN3O3/c1-33-26-15-20(11-14-25(26)34-18-19-9-12-22(28)13-10-19)16-30-31-27(32)17-29-24-8-4-6-21-5-2-3-7-23(21)24/h2-16,29H,17-18H2,1H3,(H,31,32)/b30-16-. The zero-order valence-corrected chi connectivity index (χ0v) is 20.2. The van der Waals surface area contributed by atoms with Gasteiger partial charge in [-0.05, 0) is 52.9 Å². The molecule has 0 unspecified atom stereocenters. The number of hydrazone groups is 1. The number of halogens is 1. The number of nitrogens with zero attached hydrogens (tertiary/aromatic N) is 1. The predicted molar refractivity (Wildman–Crippen MR) is 140 cm³/mol. The van der Waals surface area contributed by atoms with Gasteiger partial charge in [-0.3, -0.25) is 4.79 Å². The van der Waals surface area contributed by atoms with Crippen molar-refractivity contribution in [2.75, 3.05) is 19.0 Å². The fraction of sp³-hybridized carbons (Fsp3) is 0.111. The number of methoxy groups -OCH3 is 1.